The smallest absolute Gasteiger partial charge is 0.227 e. The van der Waals surface area contributed by atoms with Gasteiger partial charge in [0.2, 0.25) is 5.95 Å². The molecular weight excluding hydrogens is 322 g/mol. The van der Waals surface area contributed by atoms with Crippen LogP contribution >= 0.6 is 0 Å². The van der Waals surface area contributed by atoms with Crippen molar-refractivity contribution in [3.05, 3.63) is 77.6 Å². The maximum absolute atomic E-state index is 5.16. The van der Waals surface area contributed by atoms with Crippen molar-refractivity contribution < 1.29 is 4.74 Å². The van der Waals surface area contributed by atoms with Crippen molar-refractivity contribution in [1.29, 1.82) is 0 Å². The van der Waals surface area contributed by atoms with E-state index in [1.807, 2.05) is 36.4 Å². The van der Waals surface area contributed by atoms with E-state index in [-0.39, 0.29) is 0 Å². The average molecular weight is 345 g/mol. The minimum absolute atomic E-state index is 0.543. The molecule has 3 aromatic rings. The van der Waals surface area contributed by atoms with Gasteiger partial charge >= 0.3 is 0 Å². The first-order valence-corrected chi connectivity index (χ1v) is 8.66. The zero-order valence-corrected chi connectivity index (χ0v) is 15.3. The van der Waals surface area contributed by atoms with Crippen molar-refractivity contribution in [3.8, 4) is 5.75 Å². The van der Waals surface area contributed by atoms with Gasteiger partial charge in [0.1, 0.15) is 5.75 Å². The van der Waals surface area contributed by atoms with Gasteiger partial charge in [-0.2, -0.15) is 0 Å². The summed E-state index contributed by atoms with van der Waals surface area (Å²) in [6.45, 7) is 4.40. The monoisotopic (exact) mass is 345 g/mol. The summed E-state index contributed by atoms with van der Waals surface area (Å²) in [6, 6.07) is 18.1. The van der Waals surface area contributed by atoms with Crippen LogP contribution in [-0.4, -0.2) is 17.1 Å². The summed E-state index contributed by atoms with van der Waals surface area (Å²) in [5, 5.41) is 3.20. The number of ether oxygens (including phenoxy) is 1. The quantitative estimate of drug-likeness (QED) is 0.639. The molecule has 2 aromatic carbocycles. The fourth-order valence-corrected chi connectivity index (χ4v) is 2.50. The average Bonchev–Trinajstić information content (AvgIpc) is 2.67. The Bertz CT molecular complexity index is 869. The van der Waals surface area contributed by atoms with Crippen LogP contribution in [0.25, 0.3) is 12.2 Å². The Hall–Kier alpha value is -3.14. The standard InChI is InChI=1S/C22H23N3O/c1-16(2)18-7-4-17(5-8-18)6-9-20-14-15-23-22(25-20)24-19-10-12-21(26-3)13-11-19/h4-16H,1-3H3,(H,23,24,25)/b9-6+. The second-order valence-corrected chi connectivity index (χ2v) is 6.31. The molecule has 132 valence electrons. The number of hydrogen-bond acceptors (Lipinski definition) is 4. The molecule has 0 bridgehead atoms. The number of benzene rings is 2. The Labute approximate surface area is 154 Å². The van der Waals surface area contributed by atoms with E-state index in [2.05, 4.69) is 59.5 Å². The van der Waals surface area contributed by atoms with Crippen LogP contribution in [0.1, 0.15) is 36.6 Å². The molecule has 1 aromatic heterocycles. The van der Waals surface area contributed by atoms with Gasteiger partial charge in [0.05, 0.1) is 12.8 Å². The lowest BCUT2D eigenvalue weighted by atomic mass is 10.0. The fraction of sp³-hybridized carbons (Fsp3) is 0.182. The molecule has 0 aliphatic rings. The summed E-state index contributed by atoms with van der Waals surface area (Å²) < 4.78 is 5.16. The van der Waals surface area contributed by atoms with Crippen LogP contribution in [-0.2, 0) is 0 Å². The first-order chi connectivity index (χ1) is 12.6. The molecule has 0 unspecified atom stereocenters. The van der Waals surface area contributed by atoms with Gasteiger partial charge in [-0.05, 0) is 53.5 Å². The molecule has 4 nitrogen and oxygen atoms in total. The van der Waals surface area contributed by atoms with E-state index in [1.165, 1.54) is 5.56 Å². The van der Waals surface area contributed by atoms with Crippen LogP contribution in [0, 0.1) is 0 Å². The lowest BCUT2D eigenvalue weighted by molar-refractivity contribution is 0.415. The van der Waals surface area contributed by atoms with Gasteiger partial charge in [-0.25, -0.2) is 9.97 Å². The third-order valence-corrected chi connectivity index (χ3v) is 4.07. The molecule has 1 N–H and O–H groups in total. The molecule has 4 heteroatoms. The minimum Gasteiger partial charge on any atom is -0.497 e. The second-order valence-electron chi connectivity index (χ2n) is 6.31. The predicted octanol–water partition coefficient (Wildman–Crippen LogP) is 5.52. The Morgan fingerprint density at radius 2 is 1.65 bits per heavy atom. The summed E-state index contributed by atoms with van der Waals surface area (Å²) >= 11 is 0. The molecule has 0 radical (unpaired) electrons. The summed E-state index contributed by atoms with van der Waals surface area (Å²) in [4.78, 5) is 8.81. The molecule has 0 atom stereocenters. The van der Waals surface area contributed by atoms with Crippen molar-refractivity contribution in [1.82, 2.24) is 9.97 Å². The molecule has 0 saturated heterocycles. The zero-order valence-electron chi connectivity index (χ0n) is 15.3. The van der Waals surface area contributed by atoms with Gasteiger partial charge in [0.25, 0.3) is 0 Å². The van der Waals surface area contributed by atoms with Crippen molar-refractivity contribution in [2.45, 2.75) is 19.8 Å². The lowest BCUT2D eigenvalue weighted by Crippen LogP contribution is -1.97. The molecule has 0 aliphatic carbocycles. The maximum atomic E-state index is 5.16. The molecule has 3 rings (SSSR count). The van der Waals surface area contributed by atoms with Crippen molar-refractivity contribution in [3.63, 3.8) is 0 Å². The molecule has 0 aliphatic heterocycles. The van der Waals surface area contributed by atoms with E-state index in [1.54, 1.807) is 13.3 Å². The van der Waals surface area contributed by atoms with Crippen molar-refractivity contribution in [2.24, 2.45) is 0 Å². The first-order valence-electron chi connectivity index (χ1n) is 8.66. The number of hydrogen-bond donors (Lipinski definition) is 1. The highest BCUT2D eigenvalue weighted by Crippen LogP contribution is 2.19. The molecule has 0 amide bonds. The topological polar surface area (TPSA) is 47.0 Å². The van der Waals surface area contributed by atoms with Crippen molar-refractivity contribution >= 4 is 23.8 Å². The van der Waals surface area contributed by atoms with Gasteiger partial charge in [-0.3, -0.25) is 0 Å². The number of nitrogens with zero attached hydrogens (tertiary/aromatic N) is 2. The Morgan fingerprint density at radius 3 is 2.31 bits per heavy atom. The van der Waals surface area contributed by atoms with Gasteiger partial charge < -0.3 is 10.1 Å². The lowest BCUT2D eigenvalue weighted by Gasteiger charge is -2.06. The summed E-state index contributed by atoms with van der Waals surface area (Å²) in [6.07, 6.45) is 5.80. The van der Waals surface area contributed by atoms with Gasteiger partial charge in [-0.1, -0.05) is 44.2 Å². The molecule has 0 saturated carbocycles. The number of anilines is 2. The van der Waals surface area contributed by atoms with E-state index in [0.29, 0.717) is 11.9 Å². The fourth-order valence-electron chi connectivity index (χ4n) is 2.50. The zero-order chi connectivity index (χ0) is 18.4. The van der Waals surface area contributed by atoms with E-state index in [0.717, 1.165) is 22.7 Å². The molecule has 26 heavy (non-hydrogen) atoms. The van der Waals surface area contributed by atoms with Crippen molar-refractivity contribution in [2.75, 3.05) is 12.4 Å². The molecular formula is C22H23N3O. The SMILES string of the molecule is COc1ccc(Nc2nccc(/C=C/c3ccc(C(C)C)cc3)n2)cc1. The highest BCUT2D eigenvalue weighted by molar-refractivity contribution is 5.68. The van der Waals surface area contributed by atoms with Crippen LogP contribution < -0.4 is 10.1 Å². The summed E-state index contributed by atoms with van der Waals surface area (Å²) in [7, 11) is 1.65. The van der Waals surface area contributed by atoms with E-state index in [4.69, 9.17) is 4.74 Å². The van der Waals surface area contributed by atoms with Crippen LogP contribution in [0.15, 0.2) is 60.8 Å². The number of rotatable bonds is 6. The Morgan fingerprint density at radius 1 is 0.923 bits per heavy atom. The number of methoxy groups -OCH3 is 1. The van der Waals surface area contributed by atoms with Crippen LogP contribution in [0.5, 0.6) is 5.75 Å². The second kappa shape index (κ2) is 8.30. The predicted molar refractivity (Wildman–Crippen MR) is 108 cm³/mol. The number of aromatic nitrogens is 2. The normalized spacial score (nSPS) is 11.1. The largest absolute Gasteiger partial charge is 0.497 e. The van der Waals surface area contributed by atoms with Crippen LogP contribution in [0.2, 0.25) is 0 Å². The molecule has 0 spiro atoms. The molecule has 0 fully saturated rings. The van der Waals surface area contributed by atoms with E-state index >= 15 is 0 Å². The Kier molecular flexibility index (Phi) is 5.64. The van der Waals surface area contributed by atoms with E-state index < -0.39 is 0 Å². The van der Waals surface area contributed by atoms with E-state index in [9.17, 15) is 0 Å². The third-order valence-electron chi connectivity index (χ3n) is 4.07. The first kappa shape index (κ1) is 17.7. The highest BCUT2D eigenvalue weighted by atomic mass is 16.5. The summed E-state index contributed by atoms with van der Waals surface area (Å²) in [5.41, 5.74) is 4.26. The highest BCUT2D eigenvalue weighted by Gasteiger charge is 2.00. The van der Waals surface area contributed by atoms with Crippen LogP contribution in [0.3, 0.4) is 0 Å². The summed E-state index contributed by atoms with van der Waals surface area (Å²) in [5.74, 6) is 1.92. The third kappa shape index (κ3) is 4.70. The van der Waals surface area contributed by atoms with Crippen LogP contribution in [0.4, 0.5) is 11.6 Å². The minimum atomic E-state index is 0.543. The molecule has 1 heterocycles. The van der Waals surface area contributed by atoms with Gasteiger partial charge in [0.15, 0.2) is 0 Å². The Balaban J connectivity index is 1.70. The van der Waals surface area contributed by atoms with Gasteiger partial charge in [-0.15, -0.1) is 0 Å². The number of nitrogens with one attached hydrogen (secondary N) is 1. The maximum Gasteiger partial charge on any atom is 0.227 e. The van der Waals surface area contributed by atoms with Gasteiger partial charge in [0, 0.05) is 11.9 Å².